The molecule has 0 aliphatic carbocycles. The number of carbonyl (C=O) groups excluding carboxylic acids is 1. The fourth-order valence-electron chi connectivity index (χ4n) is 4.23. The maximum Gasteiger partial charge on any atom is 0.317 e. The highest BCUT2D eigenvalue weighted by Crippen LogP contribution is 2.32. The van der Waals surface area contributed by atoms with Gasteiger partial charge < -0.3 is 19.9 Å². The largest absolute Gasteiger partial charge is 0.494 e. The Hall–Kier alpha value is -2.12. The molecule has 162 valence electrons. The van der Waals surface area contributed by atoms with Crippen LogP contribution in [-0.4, -0.2) is 59.6 Å². The molecule has 2 aliphatic rings. The topological polar surface area (TPSA) is 57.7 Å². The van der Waals surface area contributed by atoms with Crippen LogP contribution in [-0.2, 0) is 13.0 Å². The summed E-state index contributed by atoms with van der Waals surface area (Å²) in [5, 5.41) is 3.90. The minimum atomic E-state index is 0.0128. The van der Waals surface area contributed by atoms with Crippen LogP contribution in [0.1, 0.15) is 43.7 Å². The molecule has 2 aromatic rings. The van der Waals surface area contributed by atoms with Crippen molar-refractivity contribution in [1.82, 2.24) is 20.1 Å². The minimum absolute atomic E-state index is 0.0128. The van der Waals surface area contributed by atoms with Crippen LogP contribution >= 0.6 is 11.3 Å². The summed E-state index contributed by atoms with van der Waals surface area (Å²) in [6, 6.07) is 8.98. The summed E-state index contributed by atoms with van der Waals surface area (Å²) < 4.78 is 5.94. The Labute approximate surface area is 183 Å². The van der Waals surface area contributed by atoms with Crippen LogP contribution in [0.25, 0.3) is 10.6 Å². The van der Waals surface area contributed by atoms with Gasteiger partial charge in [0.25, 0.3) is 0 Å². The summed E-state index contributed by atoms with van der Waals surface area (Å²) >= 11 is 1.69. The summed E-state index contributed by atoms with van der Waals surface area (Å²) in [4.78, 5) is 22.6. The van der Waals surface area contributed by atoms with Crippen LogP contribution in [0.15, 0.2) is 24.3 Å². The highest BCUT2D eigenvalue weighted by molar-refractivity contribution is 7.15. The summed E-state index contributed by atoms with van der Waals surface area (Å²) in [5.74, 6) is 0.914. The highest BCUT2D eigenvalue weighted by atomic mass is 32.1. The average Bonchev–Trinajstić information content (AvgIpc) is 3.37. The third-order valence-electron chi connectivity index (χ3n) is 6.00. The van der Waals surface area contributed by atoms with Crippen molar-refractivity contribution in [3.8, 4) is 16.3 Å². The monoisotopic (exact) mass is 428 g/mol. The number of urea groups is 1. The van der Waals surface area contributed by atoms with Crippen LogP contribution < -0.4 is 10.1 Å². The summed E-state index contributed by atoms with van der Waals surface area (Å²) in [5.41, 5.74) is 2.24. The molecule has 1 N–H and O–H groups in total. The molecule has 2 aliphatic heterocycles. The standard InChI is InChI=1S/C23H32N4O2S/c1-3-24-23(28)27-14-11-20-21(16-27)30-22(25-20)18-7-9-19(10-8-18)29-15-5-13-26-12-4-6-17(26)2/h7-10,17H,3-6,11-16H2,1-2H3,(H,24,28)/t17-/m1/s1. The van der Waals surface area contributed by atoms with Crippen molar-refractivity contribution in [2.45, 2.75) is 52.1 Å². The third-order valence-corrected chi connectivity index (χ3v) is 7.13. The van der Waals surface area contributed by atoms with Gasteiger partial charge in [0.05, 0.1) is 18.8 Å². The van der Waals surface area contributed by atoms with E-state index in [0.29, 0.717) is 13.1 Å². The van der Waals surface area contributed by atoms with Gasteiger partial charge in [-0.25, -0.2) is 9.78 Å². The number of nitrogens with one attached hydrogen (secondary N) is 1. The molecule has 0 spiro atoms. The molecule has 4 rings (SSSR count). The Morgan fingerprint density at radius 3 is 2.87 bits per heavy atom. The molecule has 1 aromatic heterocycles. The number of amides is 2. The van der Waals surface area contributed by atoms with Gasteiger partial charge in [-0.1, -0.05) is 0 Å². The van der Waals surface area contributed by atoms with E-state index in [1.165, 1.54) is 24.3 Å². The number of nitrogens with zero attached hydrogens (tertiary/aromatic N) is 3. The molecule has 7 heteroatoms. The van der Waals surface area contributed by atoms with Crippen molar-refractivity contribution >= 4 is 17.4 Å². The van der Waals surface area contributed by atoms with Crippen molar-refractivity contribution in [2.24, 2.45) is 0 Å². The Kier molecular flexibility index (Phi) is 6.89. The molecule has 0 unspecified atom stereocenters. The molecule has 2 amide bonds. The summed E-state index contributed by atoms with van der Waals surface area (Å²) in [6.07, 6.45) is 4.54. The molecule has 1 atom stereocenters. The predicted molar refractivity (Wildman–Crippen MR) is 121 cm³/mol. The van der Waals surface area contributed by atoms with E-state index in [1.54, 1.807) is 11.3 Å². The van der Waals surface area contributed by atoms with E-state index in [2.05, 4.69) is 29.3 Å². The second kappa shape index (κ2) is 9.79. The molecular formula is C23H32N4O2S. The first-order valence-corrected chi connectivity index (χ1v) is 11.9. The number of hydrogen-bond donors (Lipinski definition) is 1. The number of benzene rings is 1. The van der Waals surface area contributed by atoms with Gasteiger partial charge in [-0.05, 0) is 63.9 Å². The second-order valence-corrected chi connectivity index (χ2v) is 9.23. The van der Waals surface area contributed by atoms with Gasteiger partial charge in [0.1, 0.15) is 10.8 Å². The van der Waals surface area contributed by atoms with Crippen LogP contribution in [0.2, 0.25) is 0 Å². The maximum absolute atomic E-state index is 12.1. The number of aromatic nitrogens is 1. The predicted octanol–water partition coefficient (Wildman–Crippen LogP) is 4.15. The highest BCUT2D eigenvalue weighted by Gasteiger charge is 2.24. The van der Waals surface area contributed by atoms with Crippen LogP contribution in [0.5, 0.6) is 5.75 Å². The number of ether oxygens (including phenoxy) is 1. The van der Waals surface area contributed by atoms with Gasteiger partial charge >= 0.3 is 6.03 Å². The first-order chi connectivity index (χ1) is 14.6. The quantitative estimate of drug-likeness (QED) is 0.673. The fourth-order valence-corrected chi connectivity index (χ4v) is 5.36. The first-order valence-electron chi connectivity index (χ1n) is 11.1. The van der Waals surface area contributed by atoms with Gasteiger partial charge in [0.15, 0.2) is 0 Å². The lowest BCUT2D eigenvalue weighted by molar-refractivity contribution is 0.193. The van der Waals surface area contributed by atoms with Crippen molar-refractivity contribution in [1.29, 1.82) is 0 Å². The number of rotatable bonds is 7. The van der Waals surface area contributed by atoms with E-state index in [4.69, 9.17) is 9.72 Å². The zero-order chi connectivity index (χ0) is 20.9. The van der Waals surface area contributed by atoms with Crippen molar-refractivity contribution in [2.75, 3.05) is 32.8 Å². The van der Waals surface area contributed by atoms with Gasteiger partial charge in [0.2, 0.25) is 0 Å². The van der Waals surface area contributed by atoms with E-state index in [0.717, 1.165) is 60.6 Å². The molecule has 1 aromatic carbocycles. The van der Waals surface area contributed by atoms with Gasteiger partial charge in [0, 0.05) is 42.5 Å². The Bertz CT molecular complexity index is 851. The molecule has 0 radical (unpaired) electrons. The van der Waals surface area contributed by atoms with E-state index in [9.17, 15) is 4.79 Å². The zero-order valence-electron chi connectivity index (χ0n) is 18.0. The number of likely N-dealkylation sites (tertiary alicyclic amines) is 1. The molecule has 1 saturated heterocycles. The van der Waals surface area contributed by atoms with Crippen LogP contribution in [0.3, 0.4) is 0 Å². The fraction of sp³-hybridized carbons (Fsp3) is 0.565. The number of hydrogen-bond acceptors (Lipinski definition) is 5. The Balaban J connectivity index is 1.30. The molecule has 0 saturated carbocycles. The lowest BCUT2D eigenvalue weighted by Gasteiger charge is -2.25. The molecule has 30 heavy (non-hydrogen) atoms. The lowest BCUT2D eigenvalue weighted by atomic mass is 10.2. The van der Waals surface area contributed by atoms with Crippen molar-refractivity contribution < 1.29 is 9.53 Å². The third kappa shape index (κ3) is 4.95. The van der Waals surface area contributed by atoms with Gasteiger partial charge in [-0.15, -0.1) is 11.3 Å². The number of carbonyl (C=O) groups is 1. The van der Waals surface area contributed by atoms with Crippen molar-refractivity contribution in [3.63, 3.8) is 0 Å². The Morgan fingerprint density at radius 1 is 1.30 bits per heavy atom. The molecular weight excluding hydrogens is 396 g/mol. The van der Waals surface area contributed by atoms with Gasteiger partial charge in [-0.3, -0.25) is 0 Å². The zero-order valence-corrected chi connectivity index (χ0v) is 18.8. The average molecular weight is 429 g/mol. The van der Waals surface area contributed by atoms with E-state index < -0.39 is 0 Å². The van der Waals surface area contributed by atoms with E-state index >= 15 is 0 Å². The summed E-state index contributed by atoms with van der Waals surface area (Å²) in [6.45, 7) is 9.40. The molecule has 3 heterocycles. The number of fused-ring (bicyclic) bond motifs is 1. The smallest absolute Gasteiger partial charge is 0.317 e. The molecule has 6 nitrogen and oxygen atoms in total. The van der Waals surface area contributed by atoms with Crippen molar-refractivity contribution in [3.05, 3.63) is 34.8 Å². The van der Waals surface area contributed by atoms with Crippen LogP contribution in [0.4, 0.5) is 4.79 Å². The Morgan fingerprint density at radius 2 is 2.13 bits per heavy atom. The SMILES string of the molecule is CCNC(=O)N1CCc2nc(-c3ccc(OCCCN4CCC[C@H]4C)cc3)sc2C1. The van der Waals surface area contributed by atoms with Crippen LogP contribution in [0, 0.1) is 0 Å². The van der Waals surface area contributed by atoms with E-state index in [-0.39, 0.29) is 6.03 Å². The minimum Gasteiger partial charge on any atom is -0.494 e. The van der Waals surface area contributed by atoms with Gasteiger partial charge in [-0.2, -0.15) is 0 Å². The molecule has 1 fully saturated rings. The normalized spacial score (nSPS) is 19.0. The summed E-state index contributed by atoms with van der Waals surface area (Å²) in [7, 11) is 0. The number of thiazole rings is 1. The first kappa shape index (κ1) is 21.1. The maximum atomic E-state index is 12.1. The second-order valence-electron chi connectivity index (χ2n) is 8.15. The lowest BCUT2D eigenvalue weighted by Crippen LogP contribution is -2.42. The molecule has 0 bridgehead atoms. The van der Waals surface area contributed by atoms with E-state index in [1.807, 2.05) is 24.0 Å².